The number of pyridine rings is 1. The van der Waals surface area contributed by atoms with E-state index in [2.05, 4.69) is 32.3 Å². The number of rotatable bonds is 4. The van der Waals surface area contributed by atoms with Crippen molar-refractivity contribution in [1.29, 1.82) is 5.26 Å². The van der Waals surface area contributed by atoms with Gasteiger partial charge in [-0.2, -0.15) is 5.26 Å². The third-order valence-electron chi connectivity index (χ3n) is 2.30. The monoisotopic (exact) mass is 341 g/mol. The summed E-state index contributed by atoms with van der Waals surface area (Å²) in [6.45, 7) is 0.731. The second kappa shape index (κ2) is 6.19. The van der Waals surface area contributed by atoms with E-state index in [9.17, 15) is 0 Å². The molecular weight excluding hydrogens is 334 g/mol. The lowest BCUT2D eigenvalue weighted by Crippen LogP contribution is -2.06. The first-order valence-electron chi connectivity index (χ1n) is 5.23. The van der Waals surface area contributed by atoms with Gasteiger partial charge in [-0.3, -0.25) is 0 Å². The first kappa shape index (κ1) is 13.3. The zero-order valence-electron chi connectivity index (χ0n) is 9.28. The van der Waals surface area contributed by atoms with Crippen molar-refractivity contribution in [2.45, 2.75) is 6.42 Å². The standard InChI is InChI=1S/C12H9BrClN3S/c13-10-2-1-9(18-10)4-6-17-12-11(14)8(7-15)3-5-16-12/h1-3,5H,4,6H2,(H,16,17). The molecule has 2 aromatic rings. The third kappa shape index (κ3) is 3.22. The fourth-order valence-corrected chi connectivity index (χ4v) is 3.15. The van der Waals surface area contributed by atoms with Gasteiger partial charge in [0.15, 0.2) is 0 Å². The number of anilines is 1. The van der Waals surface area contributed by atoms with Gasteiger partial charge in [-0.25, -0.2) is 4.98 Å². The molecule has 0 aromatic carbocycles. The van der Waals surface area contributed by atoms with Crippen molar-refractivity contribution < 1.29 is 0 Å². The van der Waals surface area contributed by atoms with E-state index in [1.54, 1.807) is 23.6 Å². The molecule has 18 heavy (non-hydrogen) atoms. The van der Waals surface area contributed by atoms with Crippen LogP contribution in [-0.4, -0.2) is 11.5 Å². The first-order valence-corrected chi connectivity index (χ1v) is 7.22. The average Bonchev–Trinajstić information content (AvgIpc) is 2.77. The molecule has 0 saturated heterocycles. The molecule has 2 rings (SSSR count). The Morgan fingerprint density at radius 3 is 2.94 bits per heavy atom. The van der Waals surface area contributed by atoms with Crippen molar-refractivity contribution in [2.24, 2.45) is 0 Å². The van der Waals surface area contributed by atoms with E-state index in [1.807, 2.05) is 12.1 Å². The number of aromatic nitrogens is 1. The first-order chi connectivity index (χ1) is 8.70. The van der Waals surface area contributed by atoms with E-state index in [0.29, 0.717) is 16.4 Å². The number of nitrogens with one attached hydrogen (secondary N) is 1. The summed E-state index contributed by atoms with van der Waals surface area (Å²) in [4.78, 5) is 5.40. The zero-order valence-corrected chi connectivity index (χ0v) is 12.4. The van der Waals surface area contributed by atoms with Gasteiger partial charge in [-0.15, -0.1) is 11.3 Å². The average molecular weight is 343 g/mol. The Morgan fingerprint density at radius 1 is 1.44 bits per heavy atom. The normalized spacial score (nSPS) is 10.1. The molecule has 0 bridgehead atoms. The predicted molar refractivity (Wildman–Crippen MR) is 78.2 cm³/mol. The van der Waals surface area contributed by atoms with E-state index in [4.69, 9.17) is 16.9 Å². The highest BCUT2D eigenvalue weighted by Crippen LogP contribution is 2.24. The molecule has 0 spiro atoms. The molecule has 0 saturated carbocycles. The molecule has 0 unspecified atom stereocenters. The Kier molecular flexibility index (Phi) is 4.59. The maximum absolute atomic E-state index is 8.86. The van der Waals surface area contributed by atoms with Crippen molar-refractivity contribution in [3.8, 4) is 6.07 Å². The summed E-state index contributed by atoms with van der Waals surface area (Å²) in [5, 5.41) is 12.4. The summed E-state index contributed by atoms with van der Waals surface area (Å²) < 4.78 is 1.13. The Bertz CT molecular complexity index is 591. The van der Waals surface area contributed by atoms with Gasteiger partial charge in [-0.1, -0.05) is 11.6 Å². The van der Waals surface area contributed by atoms with Gasteiger partial charge >= 0.3 is 0 Å². The highest BCUT2D eigenvalue weighted by atomic mass is 79.9. The van der Waals surface area contributed by atoms with Crippen molar-refractivity contribution >= 4 is 44.7 Å². The molecule has 0 radical (unpaired) electrons. The predicted octanol–water partition coefficient (Wildman–Crippen LogP) is 4.09. The summed E-state index contributed by atoms with van der Waals surface area (Å²) in [7, 11) is 0. The molecule has 0 fully saturated rings. The minimum atomic E-state index is 0.382. The molecular formula is C12H9BrClN3S. The van der Waals surface area contributed by atoms with Crippen LogP contribution < -0.4 is 5.32 Å². The molecule has 6 heteroatoms. The van der Waals surface area contributed by atoms with Crippen molar-refractivity contribution in [3.63, 3.8) is 0 Å². The molecule has 0 atom stereocenters. The lowest BCUT2D eigenvalue weighted by atomic mass is 10.3. The van der Waals surface area contributed by atoms with Crippen LogP contribution in [0.2, 0.25) is 5.02 Å². The van der Waals surface area contributed by atoms with E-state index in [0.717, 1.165) is 16.8 Å². The molecule has 3 nitrogen and oxygen atoms in total. The van der Waals surface area contributed by atoms with Crippen LogP contribution in [0.4, 0.5) is 5.82 Å². The van der Waals surface area contributed by atoms with E-state index in [-0.39, 0.29) is 0 Å². The Balaban J connectivity index is 1.97. The fourth-order valence-electron chi connectivity index (χ4n) is 1.44. The summed E-state index contributed by atoms with van der Waals surface area (Å²) in [5.74, 6) is 0.561. The van der Waals surface area contributed by atoms with Crippen LogP contribution in [0.3, 0.4) is 0 Å². The second-order valence-corrected chi connectivity index (χ2v) is 6.44. The van der Waals surface area contributed by atoms with Crippen LogP contribution in [0, 0.1) is 11.3 Å². The maximum atomic E-state index is 8.86. The summed E-state index contributed by atoms with van der Waals surface area (Å²) >= 11 is 11.2. The Labute approximate surface area is 123 Å². The molecule has 0 aliphatic heterocycles. The molecule has 1 N–H and O–H groups in total. The van der Waals surface area contributed by atoms with Crippen LogP contribution in [0.5, 0.6) is 0 Å². The van der Waals surface area contributed by atoms with Gasteiger partial charge in [-0.05, 0) is 40.5 Å². The van der Waals surface area contributed by atoms with Crippen molar-refractivity contribution in [1.82, 2.24) is 4.98 Å². The summed E-state index contributed by atoms with van der Waals surface area (Å²) in [6.07, 6.45) is 2.47. The number of nitrogens with zero attached hydrogens (tertiary/aromatic N) is 2. The van der Waals surface area contributed by atoms with Crippen LogP contribution in [0.15, 0.2) is 28.2 Å². The van der Waals surface area contributed by atoms with Gasteiger partial charge in [0.25, 0.3) is 0 Å². The lowest BCUT2D eigenvalue weighted by Gasteiger charge is -2.06. The molecule has 2 aromatic heterocycles. The fraction of sp³-hybridized carbons (Fsp3) is 0.167. The van der Waals surface area contributed by atoms with Gasteiger partial charge in [0.05, 0.1) is 9.35 Å². The van der Waals surface area contributed by atoms with Crippen molar-refractivity contribution in [3.05, 3.63) is 43.6 Å². The molecule has 0 amide bonds. The van der Waals surface area contributed by atoms with Gasteiger partial charge < -0.3 is 5.32 Å². The van der Waals surface area contributed by atoms with Crippen molar-refractivity contribution in [2.75, 3.05) is 11.9 Å². The minimum Gasteiger partial charge on any atom is -0.368 e. The maximum Gasteiger partial charge on any atom is 0.146 e. The van der Waals surface area contributed by atoms with E-state index in [1.165, 1.54) is 4.88 Å². The summed E-state index contributed by atoms with van der Waals surface area (Å²) in [5.41, 5.74) is 0.438. The number of halogens is 2. The number of hydrogen-bond donors (Lipinski definition) is 1. The molecule has 2 heterocycles. The zero-order chi connectivity index (χ0) is 13.0. The Morgan fingerprint density at radius 2 is 2.28 bits per heavy atom. The highest BCUT2D eigenvalue weighted by Gasteiger charge is 2.06. The van der Waals surface area contributed by atoms with Gasteiger partial charge in [0.2, 0.25) is 0 Å². The number of nitriles is 1. The third-order valence-corrected chi connectivity index (χ3v) is 4.37. The van der Waals surface area contributed by atoms with Crippen LogP contribution in [-0.2, 0) is 6.42 Å². The largest absolute Gasteiger partial charge is 0.368 e. The van der Waals surface area contributed by atoms with Crippen LogP contribution in [0.25, 0.3) is 0 Å². The minimum absolute atomic E-state index is 0.382. The highest BCUT2D eigenvalue weighted by molar-refractivity contribution is 9.11. The Hall–Kier alpha value is -1.09. The summed E-state index contributed by atoms with van der Waals surface area (Å²) in [6, 6.07) is 7.74. The molecule has 0 aliphatic carbocycles. The quantitative estimate of drug-likeness (QED) is 0.910. The van der Waals surface area contributed by atoms with E-state index < -0.39 is 0 Å². The number of hydrogen-bond acceptors (Lipinski definition) is 4. The van der Waals surface area contributed by atoms with Crippen LogP contribution >= 0.6 is 38.9 Å². The van der Waals surface area contributed by atoms with Gasteiger partial charge in [0, 0.05) is 17.6 Å². The number of thiophene rings is 1. The SMILES string of the molecule is N#Cc1ccnc(NCCc2ccc(Br)s2)c1Cl. The van der Waals surface area contributed by atoms with E-state index >= 15 is 0 Å². The van der Waals surface area contributed by atoms with Gasteiger partial charge in [0.1, 0.15) is 16.9 Å². The topological polar surface area (TPSA) is 48.7 Å². The molecule has 0 aliphatic rings. The van der Waals surface area contributed by atoms with Crippen LogP contribution in [0.1, 0.15) is 10.4 Å². The lowest BCUT2D eigenvalue weighted by molar-refractivity contribution is 1.03. The second-order valence-electron chi connectivity index (χ2n) is 3.52. The smallest absolute Gasteiger partial charge is 0.146 e. The molecule has 92 valence electrons.